The Morgan fingerprint density at radius 1 is 0.767 bits per heavy atom. The third-order valence-corrected chi connectivity index (χ3v) is 4.71. The fourth-order valence-electron chi connectivity index (χ4n) is 3.35. The average Bonchev–Trinajstić information content (AvgIpc) is 3.17. The lowest BCUT2D eigenvalue weighted by Crippen LogP contribution is -1.95. The molecular weight excluding hydrogens is 384 g/mol. The van der Waals surface area contributed by atoms with Gasteiger partial charge in [0.2, 0.25) is 0 Å². The summed E-state index contributed by atoms with van der Waals surface area (Å²) in [6.45, 7) is 0. The minimum absolute atomic E-state index is 0.406. The van der Waals surface area contributed by atoms with Gasteiger partial charge in [-0.1, -0.05) is 30.3 Å². The van der Waals surface area contributed by atoms with E-state index in [0.29, 0.717) is 11.5 Å². The SMILES string of the molecule is Fc1ccc(Nc2cc(-c3c(-c4ccccc4)nn4ncccc34)ccn2)cc1F. The predicted molar refractivity (Wildman–Crippen MR) is 111 cm³/mol. The second-order valence-electron chi connectivity index (χ2n) is 6.67. The van der Waals surface area contributed by atoms with E-state index in [9.17, 15) is 8.78 Å². The maximum absolute atomic E-state index is 13.5. The molecule has 2 aromatic carbocycles. The molecule has 0 aliphatic heterocycles. The first kappa shape index (κ1) is 17.9. The molecule has 0 saturated carbocycles. The maximum atomic E-state index is 13.5. The number of anilines is 2. The van der Waals surface area contributed by atoms with Crippen molar-refractivity contribution in [2.75, 3.05) is 5.32 Å². The van der Waals surface area contributed by atoms with Crippen LogP contribution in [0, 0.1) is 11.6 Å². The predicted octanol–water partition coefficient (Wildman–Crippen LogP) is 5.48. The molecule has 0 amide bonds. The summed E-state index contributed by atoms with van der Waals surface area (Å²) in [5, 5.41) is 12.0. The van der Waals surface area contributed by atoms with Crippen molar-refractivity contribution in [3.63, 3.8) is 0 Å². The highest BCUT2D eigenvalue weighted by Gasteiger charge is 2.17. The van der Waals surface area contributed by atoms with Gasteiger partial charge in [0.05, 0.1) is 5.52 Å². The Hall–Kier alpha value is -4.13. The molecule has 0 unspecified atom stereocenters. The van der Waals surface area contributed by atoms with E-state index < -0.39 is 11.6 Å². The lowest BCUT2D eigenvalue weighted by molar-refractivity contribution is 0.509. The minimum atomic E-state index is -0.920. The number of benzene rings is 2. The van der Waals surface area contributed by atoms with Gasteiger partial charge in [-0.25, -0.2) is 13.8 Å². The zero-order valence-corrected chi connectivity index (χ0v) is 15.6. The van der Waals surface area contributed by atoms with Gasteiger partial charge in [-0.3, -0.25) is 0 Å². The molecule has 5 nitrogen and oxygen atoms in total. The highest BCUT2D eigenvalue weighted by atomic mass is 19.2. The largest absolute Gasteiger partial charge is 0.340 e. The minimum Gasteiger partial charge on any atom is -0.340 e. The van der Waals surface area contributed by atoms with Crippen molar-refractivity contribution in [3.8, 4) is 22.4 Å². The van der Waals surface area contributed by atoms with Crippen molar-refractivity contribution in [1.29, 1.82) is 0 Å². The van der Waals surface area contributed by atoms with Crippen molar-refractivity contribution < 1.29 is 8.78 Å². The Morgan fingerprint density at radius 3 is 2.47 bits per heavy atom. The quantitative estimate of drug-likeness (QED) is 0.435. The van der Waals surface area contributed by atoms with Crippen molar-refractivity contribution in [2.24, 2.45) is 0 Å². The maximum Gasteiger partial charge on any atom is 0.160 e. The van der Waals surface area contributed by atoms with E-state index in [1.807, 2.05) is 54.6 Å². The molecule has 0 atom stereocenters. The number of aromatic nitrogens is 4. The Morgan fingerprint density at radius 2 is 1.63 bits per heavy atom. The highest BCUT2D eigenvalue weighted by Crippen LogP contribution is 2.35. The number of halogens is 2. The molecule has 3 heterocycles. The van der Waals surface area contributed by atoms with Gasteiger partial charge in [0.1, 0.15) is 11.5 Å². The van der Waals surface area contributed by atoms with Gasteiger partial charge in [0.25, 0.3) is 0 Å². The summed E-state index contributed by atoms with van der Waals surface area (Å²) < 4.78 is 28.4. The fourth-order valence-corrected chi connectivity index (χ4v) is 3.35. The second kappa shape index (κ2) is 7.36. The van der Waals surface area contributed by atoms with E-state index in [0.717, 1.165) is 40.0 Å². The van der Waals surface area contributed by atoms with E-state index in [1.165, 1.54) is 6.07 Å². The van der Waals surface area contributed by atoms with E-state index in [1.54, 1.807) is 17.0 Å². The molecule has 0 saturated heterocycles. The topological polar surface area (TPSA) is 55.1 Å². The molecule has 5 rings (SSSR count). The molecule has 5 aromatic rings. The molecule has 0 fully saturated rings. The normalized spacial score (nSPS) is 11.0. The van der Waals surface area contributed by atoms with Gasteiger partial charge < -0.3 is 5.32 Å². The summed E-state index contributed by atoms with van der Waals surface area (Å²) in [6, 6.07) is 21.0. The summed E-state index contributed by atoms with van der Waals surface area (Å²) in [4.78, 5) is 4.31. The molecule has 3 aromatic heterocycles. The molecule has 0 aliphatic rings. The van der Waals surface area contributed by atoms with E-state index >= 15 is 0 Å². The van der Waals surface area contributed by atoms with Crippen LogP contribution in [0.15, 0.2) is 85.2 Å². The Labute approximate surface area is 170 Å². The molecule has 0 radical (unpaired) electrons. The van der Waals surface area contributed by atoms with Gasteiger partial charge in [-0.15, -0.1) is 5.10 Å². The van der Waals surface area contributed by atoms with Crippen LogP contribution in [0.25, 0.3) is 27.9 Å². The highest BCUT2D eigenvalue weighted by molar-refractivity contribution is 5.92. The summed E-state index contributed by atoms with van der Waals surface area (Å²) in [6.07, 6.45) is 3.34. The first-order valence-corrected chi connectivity index (χ1v) is 9.27. The number of fused-ring (bicyclic) bond motifs is 1. The molecule has 0 bridgehead atoms. The molecule has 146 valence electrons. The number of pyridine rings is 1. The molecule has 0 aliphatic carbocycles. The average molecular weight is 399 g/mol. The molecule has 1 N–H and O–H groups in total. The smallest absolute Gasteiger partial charge is 0.160 e. The molecule has 0 spiro atoms. The summed E-state index contributed by atoms with van der Waals surface area (Å²) in [5.74, 6) is -1.31. The third kappa shape index (κ3) is 3.26. The molecule has 30 heavy (non-hydrogen) atoms. The number of hydrogen-bond donors (Lipinski definition) is 1. The summed E-state index contributed by atoms with van der Waals surface area (Å²) in [7, 11) is 0. The van der Waals surface area contributed by atoms with Crippen molar-refractivity contribution in [2.45, 2.75) is 0 Å². The van der Waals surface area contributed by atoms with Gasteiger partial charge >= 0.3 is 0 Å². The second-order valence-corrected chi connectivity index (χ2v) is 6.67. The van der Waals surface area contributed by atoms with Crippen LogP contribution in [0.5, 0.6) is 0 Å². The van der Waals surface area contributed by atoms with Crippen LogP contribution in [0.2, 0.25) is 0 Å². The third-order valence-electron chi connectivity index (χ3n) is 4.71. The Balaban J connectivity index is 1.62. The number of nitrogens with zero attached hydrogens (tertiary/aromatic N) is 4. The van der Waals surface area contributed by atoms with Crippen LogP contribution in [-0.2, 0) is 0 Å². The standard InChI is InChI=1S/C23H15F2N5/c24-18-9-8-17(14-19(18)25)28-21-13-16(10-12-26-21)22-20-7-4-11-27-30(20)29-23(22)15-5-2-1-3-6-15/h1-14H,(H,26,28). The molecular formula is C23H15F2N5. The lowest BCUT2D eigenvalue weighted by Gasteiger charge is -2.09. The first-order chi connectivity index (χ1) is 14.7. The molecule has 7 heteroatoms. The van der Waals surface area contributed by atoms with Crippen LogP contribution in [0.1, 0.15) is 0 Å². The van der Waals surface area contributed by atoms with E-state index in [4.69, 9.17) is 0 Å². The van der Waals surface area contributed by atoms with Crippen LogP contribution < -0.4 is 5.32 Å². The van der Waals surface area contributed by atoms with Crippen LogP contribution in [0.3, 0.4) is 0 Å². The van der Waals surface area contributed by atoms with Crippen LogP contribution >= 0.6 is 0 Å². The first-order valence-electron chi connectivity index (χ1n) is 9.27. The van der Waals surface area contributed by atoms with E-state index in [2.05, 4.69) is 20.5 Å². The van der Waals surface area contributed by atoms with Gasteiger partial charge in [0, 0.05) is 35.3 Å². The summed E-state index contributed by atoms with van der Waals surface area (Å²) in [5.41, 5.74) is 4.79. The van der Waals surface area contributed by atoms with Crippen molar-refractivity contribution in [1.82, 2.24) is 19.8 Å². The Kier molecular flexibility index (Phi) is 4.40. The zero-order chi connectivity index (χ0) is 20.5. The zero-order valence-electron chi connectivity index (χ0n) is 15.6. The van der Waals surface area contributed by atoms with Gasteiger partial charge in [0.15, 0.2) is 11.6 Å². The van der Waals surface area contributed by atoms with Crippen molar-refractivity contribution >= 4 is 17.0 Å². The number of hydrogen-bond acceptors (Lipinski definition) is 4. The summed E-state index contributed by atoms with van der Waals surface area (Å²) >= 11 is 0. The Bertz CT molecular complexity index is 1350. The lowest BCUT2D eigenvalue weighted by atomic mass is 10.0. The number of nitrogens with one attached hydrogen (secondary N) is 1. The monoisotopic (exact) mass is 399 g/mol. The van der Waals surface area contributed by atoms with Crippen LogP contribution in [0.4, 0.5) is 20.3 Å². The fraction of sp³-hybridized carbons (Fsp3) is 0. The van der Waals surface area contributed by atoms with Crippen molar-refractivity contribution in [3.05, 3.63) is 96.8 Å². The number of rotatable bonds is 4. The van der Waals surface area contributed by atoms with Crippen LogP contribution in [-0.4, -0.2) is 19.8 Å². The van der Waals surface area contributed by atoms with E-state index in [-0.39, 0.29) is 0 Å². The van der Waals surface area contributed by atoms with Gasteiger partial charge in [-0.05, 0) is 42.0 Å². The van der Waals surface area contributed by atoms with Gasteiger partial charge in [-0.2, -0.15) is 9.73 Å².